The van der Waals surface area contributed by atoms with Crippen LogP contribution in [0, 0.1) is 6.92 Å². The van der Waals surface area contributed by atoms with Gasteiger partial charge in [0, 0.05) is 29.3 Å². The highest BCUT2D eigenvalue weighted by Crippen LogP contribution is 2.20. The first-order valence-electron chi connectivity index (χ1n) is 6.25. The van der Waals surface area contributed by atoms with Gasteiger partial charge in [0.2, 0.25) is 5.91 Å². The Bertz CT molecular complexity index is 754. The molecule has 20 heavy (non-hydrogen) atoms. The van der Waals surface area contributed by atoms with Crippen LogP contribution in [0.25, 0.3) is 11.0 Å². The summed E-state index contributed by atoms with van der Waals surface area (Å²) in [5.41, 5.74) is 1.50. The number of fused-ring (bicyclic) bond motifs is 1. The Morgan fingerprint density at radius 1 is 1.25 bits per heavy atom. The van der Waals surface area contributed by atoms with Crippen molar-refractivity contribution in [3.8, 4) is 0 Å². The molecular formula is C16H15NO3. The molecule has 4 nitrogen and oxygen atoms in total. The Morgan fingerprint density at radius 3 is 2.80 bits per heavy atom. The molecule has 0 atom stereocenters. The number of benzene rings is 1. The zero-order valence-corrected chi connectivity index (χ0v) is 11.3. The molecule has 0 aliphatic heterocycles. The van der Waals surface area contributed by atoms with E-state index in [1.54, 1.807) is 24.3 Å². The van der Waals surface area contributed by atoms with E-state index < -0.39 is 5.63 Å². The molecular weight excluding hydrogens is 254 g/mol. The van der Waals surface area contributed by atoms with Gasteiger partial charge in [-0.25, -0.2) is 4.79 Å². The summed E-state index contributed by atoms with van der Waals surface area (Å²) in [6, 6.07) is 6.68. The third-order valence-corrected chi connectivity index (χ3v) is 2.77. The van der Waals surface area contributed by atoms with E-state index in [0.29, 0.717) is 11.3 Å². The number of aryl methyl sites for hydroxylation is 1. The molecule has 102 valence electrons. The first-order valence-corrected chi connectivity index (χ1v) is 6.25. The Hall–Kier alpha value is -2.62. The minimum atomic E-state index is -0.397. The molecule has 1 N–H and O–H groups in total. The van der Waals surface area contributed by atoms with Crippen molar-refractivity contribution in [2.45, 2.75) is 13.8 Å². The number of rotatable bonds is 3. The van der Waals surface area contributed by atoms with Crippen LogP contribution >= 0.6 is 0 Å². The zero-order chi connectivity index (χ0) is 14.5. The van der Waals surface area contributed by atoms with E-state index in [4.69, 9.17) is 4.42 Å². The lowest BCUT2D eigenvalue weighted by atomic mass is 10.1. The molecule has 1 amide bonds. The van der Waals surface area contributed by atoms with Gasteiger partial charge in [-0.3, -0.25) is 4.79 Å². The topological polar surface area (TPSA) is 59.3 Å². The summed E-state index contributed by atoms with van der Waals surface area (Å²) in [6.45, 7) is 3.72. The molecule has 0 saturated carbocycles. The van der Waals surface area contributed by atoms with Gasteiger partial charge in [-0.15, -0.1) is 0 Å². The molecule has 1 heterocycles. The fourth-order valence-electron chi connectivity index (χ4n) is 1.84. The van der Waals surface area contributed by atoms with Crippen LogP contribution in [0.4, 0.5) is 5.69 Å². The normalized spacial score (nSPS) is 11.5. The van der Waals surface area contributed by atoms with Crippen molar-refractivity contribution in [1.29, 1.82) is 0 Å². The summed E-state index contributed by atoms with van der Waals surface area (Å²) >= 11 is 0. The maximum absolute atomic E-state index is 11.6. The van der Waals surface area contributed by atoms with Crippen LogP contribution in [0.15, 0.2) is 57.8 Å². The lowest BCUT2D eigenvalue weighted by Gasteiger charge is -2.04. The molecule has 0 saturated heterocycles. The van der Waals surface area contributed by atoms with Crippen molar-refractivity contribution in [2.75, 3.05) is 5.32 Å². The average Bonchev–Trinajstić information content (AvgIpc) is 2.38. The SMILES string of the molecule is C/C=C/C=C/C(=O)Nc1ccc2c(C)cc(=O)oc2c1. The molecule has 0 spiro atoms. The second kappa shape index (κ2) is 6.02. The van der Waals surface area contributed by atoms with Gasteiger partial charge < -0.3 is 9.73 Å². The first kappa shape index (κ1) is 13.8. The molecule has 1 aromatic heterocycles. The van der Waals surface area contributed by atoms with Crippen LogP contribution < -0.4 is 10.9 Å². The molecule has 4 heteroatoms. The summed E-state index contributed by atoms with van der Waals surface area (Å²) in [5, 5.41) is 3.56. The van der Waals surface area contributed by atoms with E-state index >= 15 is 0 Å². The largest absolute Gasteiger partial charge is 0.423 e. The minimum Gasteiger partial charge on any atom is -0.423 e. The predicted molar refractivity (Wildman–Crippen MR) is 79.8 cm³/mol. The summed E-state index contributed by atoms with van der Waals surface area (Å²) in [5.74, 6) is -0.238. The van der Waals surface area contributed by atoms with Gasteiger partial charge in [0.05, 0.1) is 0 Å². The summed E-state index contributed by atoms with van der Waals surface area (Å²) in [4.78, 5) is 23.0. The van der Waals surface area contributed by atoms with Crippen molar-refractivity contribution in [3.05, 3.63) is 64.6 Å². The number of amides is 1. The van der Waals surface area contributed by atoms with Gasteiger partial charge >= 0.3 is 5.63 Å². The Morgan fingerprint density at radius 2 is 2.05 bits per heavy atom. The van der Waals surface area contributed by atoms with Gasteiger partial charge in [0.1, 0.15) is 5.58 Å². The number of carbonyl (C=O) groups is 1. The van der Waals surface area contributed by atoms with E-state index in [9.17, 15) is 9.59 Å². The molecule has 0 radical (unpaired) electrons. The van der Waals surface area contributed by atoms with Gasteiger partial charge in [-0.05, 0) is 31.5 Å². The average molecular weight is 269 g/mol. The van der Waals surface area contributed by atoms with Gasteiger partial charge in [0.15, 0.2) is 0 Å². The molecule has 0 aliphatic rings. The highest BCUT2D eigenvalue weighted by Gasteiger charge is 2.04. The number of carbonyl (C=O) groups excluding carboxylic acids is 1. The molecule has 0 unspecified atom stereocenters. The van der Waals surface area contributed by atoms with Gasteiger partial charge in [0.25, 0.3) is 0 Å². The second-order valence-electron chi connectivity index (χ2n) is 4.33. The number of hydrogen-bond acceptors (Lipinski definition) is 3. The van der Waals surface area contributed by atoms with E-state index in [0.717, 1.165) is 10.9 Å². The van der Waals surface area contributed by atoms with Crippen LogP contribution in [0.3, 0.4) is 0 Å². The lowest BCUT2D eigenvalue weighted by Crippen LogP contribution is -2.07. The van der Waals surface area contributed by atoms with E-state index in [2.05, 4.69) is 5.32 Å². The Balaban J connectivity index is 2.28. The first-order chi connectivity index (χ1) is 9.60. The fourth-order valence-corrected chi connectivity index (χ4v) is 1.84. The predicted octanol–water partition coefficient (Wildman–Crippen LogP) is 3.17. The number of nitrogens with one attached hydrogen (secondary N) is 1. The fraction of sp³-hybridized carbons (Fsp3) is 0.125. The third-order valence-electron chi connectivity index (χ3n) is 2.77. The van der Waals surface area contributed by atoms with Crippen LogP contribution in [0.2, 0.25) is 0 Å². The smallest absolute Gasteiger partial charge is 0.336 e. The molecule has 2 rings (SSSR count). The Labute approximate surface area is 116 Å². The van der Waals surface area contributed by atoms with E-state index in [1.807, 2.05) is 26.0 Å². The summed E-state index contributed by atoms with van der Waals surface area (Å²) < 4.78 is 5.13. The third kappa shape index (κ3) is 3.23. The van der Waals surface area contributed by atoms with Crippen LogP contribution in [0.1, 0.15) is 12.5 Å². The second-order valence-corrected chi connectivity index (χ2v) is 4.33. The maximum atomic E-state index is 11.6. The van der Waals surface area contributed by atoms with Crippen molar-refractivity contribution < 1.29 is 9.21 Å². The molecule has 0 fully saturated rings. The van der Waals surface area contributed by atoms with E-state index in [1.165, 1.54) is 12.1 Å². The zero-order valence-electron chi connectivity index (χ0n) is 11.3. The van der Waals surface area contributed by atoms with E-state index in [-0.39, 0.29) is 5.91 Å². The molecule has 0 aliphatic carbocycles. The molecule has 1 aromatic carbocycles. The van der Waals surface area contributed by atoms with Crippen molar-refractivity contribution in [2.24, 2.45) is 0 Å². The standard InChI is InChI=1S/C16H15NO3/c1-3-4-5-6-15(18)17-12-7-8-13-11(2)9-16(19)20-14(13)10-12/h3-10H,1-2H3,(H,17,18)/b4-3+,6-5+. The van der Waals surface area contributed by atoms with Crippen molar-refractivity contribution in [3.63, 3.8) is 0 Å². The molecule has 0 bridgehead atoms. The van der Waals surface area contributed by atoms with Gasteiger partial charge in [-0.1, -0.05) is 18.2 Å². The highest BCUT2D eigenvalue weighted by molar-refractivity contribution is 6.00. The number of anilines is 1. The quantitative estimate of drug-likeness (QED) is 0.529. The van der Waals surface area contributed by atoms with Crippen LogP contribution in [-0.4, -0.2) is 5.91 Å². The number of hydrogen-bond donors (Lipinski definition) is 1. The lowest BCUT2D eigenvalue weighted by molar-refractivity contribution is -0.111. The minimum absolute atomic E-state index is 0.238. The summed E-state index contributed by atoms with van der Waals surface area (Å²) in [7, 11) is 0. The summed E-state index contributed by atoms with van der Waals surface area (Å²) in [6.07, 6.45) is 6.68. The highest BCUT2D eigenvalue weighted by atomic mass is 16.4. The monoisotopic (exact) mass is 269 g/mol. The van der Waals surface area contributed by atoms with Crippen molar-refractivity contribution in [1.82, 2.24) is 0 Å². The Kier molecular flexibility index (Phi) is 4.15. The molecule has 2 aromatic rings. The maximum Gasteiger partial charge on any atom is 0.336 e. The number of allylic oxidation sites excluding steroid dienone is 3. The van der Waals surface area contributed by atoms with Crippen molar-refractivity contribution >= 4 is 22.6 Å². The van der Waals surface area contributed by atoms with Gasteiger partial charge in [-0.2, -0.15) is 0 Å². The van der Waals surface area contributed by atoms with Crippen LogP contribution in [0.5, 0.6) is 0 Å². The van der Waals surface area contributed by atoms with Crippen LogP contribution in [-0.2, 0) is 4.79 Å².